The van der Waals surface area contributed by atoms with Gasteiger partial charge in [-0.3, -0.25) is 4.90 Å². The van der Waals surface area contributed by atoms with Gasteiger partial charge in [0.15, 0.2) is 23.5 Å². The molecule has 9 nitrogen and oxygen atoms in total. The number of carbonyl (C=O) groups is 1. The summed E-state index contributed by atoms with van der Waals surface area (Å²) in [6.07, 6.45) is 1.33. The zero-order chi connectivity index (χ0) is 36.7. The Hall–Kier alpha value is -3.95. The number of likely N-dealkylation sites (tertiary alicyclic amines) is 1. The predicted octanol–water partition coefficient (Wildman–Crippen LogP) is 8.06. The van der Waals surface area contributed by atoms with E-state index in [1.165, 1.54) is 17.0 Å². The molecule has 0 spiro atoms. The standard InChI is InChI=1S/C39H43ClF2N2O7/c1-23(49-31-13-9-10-16-47-31)21-48-28-15-14-24(20-43)32(35(28)42)33-26-18-39(25-11-7-6-8-12-25,50-29(26)17-27(41)34(33)40)30-19-38(5,46)22-44(30)36(45)51-37(2,3)4/h6-8,11-12,14-15,17,23,30-31,46H,9-10,13,16,18-19,21-22H2,1-5H3/t23-,30?,31?,38?,39-/m0/s1. The molecular weight excluding hydrogens is 682 g/mol. The van der Waals surface area contributed by atoms with Crippen molar-refractivity contribution >= 4 is 17.7 Å². The number of nitriles is 1. The van der Waals surface area contributed by atoms with Crippen LogP contribution in [0.5, 0.6) is 11.5 Å². The lowest BCUT2D eigenvalue weighted by atomic mass is 9.78. The Balaban J connectivity index is 1.43. The van der Waals surface area contributed by atoms with E-state index >= 15 is 8.78 Å². The van der Waals surface area contributed by atoms with Gasteiger partial charge >= 0.3 is 6.09 Å². The van der Waals surface area contributed by atoms with Gasteiger partial charge in [-0.05, 0) is 71.6 Å². The van der Waals surface area contributed by atoms with E-state index in [9.17, 15) is 15.2 Å². The van der Waals surface area contributed by atoms with Gasteiger partial charge in [-0.2, -0.15) is 5.26 Å². The number of hydrogen-bond donors (Lipinski definition) is 1. The van der Waals surface area contributed by atoms with Crippen LogP contribution in [0, 0.1) is 23.0 Å². The van der Waals surface area contributed by atoms with E-state index in [1.54, 1.807) is 34.6 Å². The minimum absolute atomic E-state index is 0.0105. The molecule has 272 valence electrons. The molecular formula is C39H43ClF2N2O7. The molecule has 1 amide bonds. The second kappa shape index (κ2) is 14.2. The maximum atomic E-state index is 16.7. The third kappa shape index (κ3) is 7.51. The zero-order valence-corrected chi connectivity index (χ0v) is 30.2. The van der Waals surface area contributed by atoms with E-state index in [1.807, 2.05) is 36.4 Å². The van der Waals surface area contributed by atoms with Gasteiger partial charge in [0, 0.05) is 42.2 Å². The maximum absolute atomic E-state index is 16.7. The molecule has 0 bridgehead atoms. The molecule has 5 atom stereocenters. The fourth-order valence-electron chi connectivity index (χ4n) is 7.25. The van der Waals surface area contributed by atoms with E-state index in [0.29, 0.717) is 17.7 Å². The van der Waals surface area contributed by atoms with Crippen LogP contribution in [0.3, 0.4) is 0 Å². The molecule has 1 N–H and O–H groups in total. The van der Waals surface area contributed by atoms with Gasteiger partial charge in [-0.25, -0.2) is 13.6 Å². The molecule has 0 aliphatic carbocycles. The highest BCUT2D eigenvalue weighted by atomic mass is 35.5. The predicted molar refractivity (Wildman–Crippen MR) is 186 cm³/mol. The van der Waals surface area contributed by atoms with Gasteiger partial charge in [0.25, 0.3) is 0 Å². The summed E-state index contributed by atoms with van der Waals surface area (Å²) in [5.41, 5.74) is -2.96. The average Bonchev–Trinajstić information content (AvgIpc) is 3.63. The number of fused-ring (bicyclic) bond motifs is 1. The van der Waals surface area contributed by atoms with Crippen molar-refractivity contribution in [3.63, 3.8) is 0 Å². The van der Waals surface area contributed by atoms with Crippen LogP contribution in [0.4, 0.5) is 13.6 Å². The van der Waals surface area contributed by atoms with Gasteiger partial charge in [0.1, 0.15) is 23.8 Å². The quantitative estimate of drug-likeness (QED) is 0.249. The fraction of sp³-hybridized carbons (Fsp3) is 0.487. The normalized spacial score (nSPS) is 25.1. The SMILES string of the molecule is C[C@@H](COc1ccc(C#N)c(-c2c(Cl)c(F)cc3c2C[C@](c2ccccc2)(C2CC(C)(O)CN2C(=O)OC(C)(C)C)O3)c1F)OC1CCCCO1. The Bertz CT molecular complexity index is 1820. The molecule has 12 heteroatoms. The van der Waals surface area contributed by atoms with E-state index < -0.39 is 51.7 Å². The number of aliphatic hydroxyl groups is 1. The lowest BCUT2D eigenvalue weighted by Gasteiger charge is -2.40. The number of amides is 1. The fourth-order valence-corrected chi connectivity index (χ4v) is 7.51. The molecule has 2 fully saturated rings. The number of carbonyl (C=O) groups excluding carboxylic acids is 1. The number of ether oxygens (including phenoxy) is 5. The Morgan fingerprint density at radius 2 is 1.92 bits per heavy atom. The second-order valence-corrected chi connectivity index (χ2v) is 15.2. The van der Waals surface area contributed by atoms with Crippen molar-refractivity contribution in [2.75, 3.05) is 19.8 Å². The van der Waals surface area contributed by atoms with E-state index in [-0.39, 0.29) is 60.5 Å². The first-order valence-electron chi connectivity index (χ1n) is 17.2. The lowest BCUT2D eigenvalue weighted by Crippen LogP contribution is -2.53. The van der Waals surface area contributed by atoms with Crippen molar-refractivity contribution in [1.29, 1.82) is 5.26 Å². The number of β-amino-alcohol motifs (C(OH)–C–C–N with tert-alkyl or cyclic N) is 1. The molecule has 51 heavy (non-hydrogen) atoms. The molecule has 0 saturated carbocycles. The number of benzene rings is 3. The van der Waals surface area contributed by atoms with E-state index in [2.05, 4.69) is 0 Å². The average molecular weight is 725 g/mol. The van der Waals surface area contributed by atoms with Gasteiger partial charge in [-0.15, -0.1) is 0 Å². The summed E-state index contributed by atoms with van der Waals surface area (Å²) in [5.74, 6) is -1.90. The highest BCUT2D eigenvalue weighted by Gasteiger charge is 2.58. The van der Waals surface area contributed by atoms with Crippen LogP contribution in [-0.2, 0) is 26.2 Å². The molecule has 3 aliphatic rings. The van der Waals surface area contributed by atoms with Crippen molar-refractivity contribution in [2.45, 2.75) is 102 Å². The van der Waals surface area contributed by atoms with Crippen LogP contribution in [0.15, 0.2) is 48.5 Å². The van der Waals surface area contributed by atoms with E-state index in [0.717, 1.165) is 25.3 Å². The second-order valence-electron chi connectivity index (χ2n) is 14.8. The van der Waals surface area contributed by atoms with Gasteiger partial charge in [0.05, 0.1) is 40.9 Å². The maximum Gasteiger partial charge on any atom is 0.410 e. The molecule has 0 aromatic heterocycles. The first-order valence-corrected chi connectivity index (χ1v) is 17.6. The summed E-state index contributed by atoms with van der Waals surface area (Å²) in [7, 11) is 0. The van der Waals surface area contributed by atoms with Crippen LogP contribution in [0.2, 0.25) is 5.02 Å². The summed E-state index contributed by atoms with van der Waals surface area (Å²) in [4.78, 5) is 15.1. The molecule has 3 unspecified atom stereocenters. The third-order valence-corrected chi connectivity index (χ3v) is 9.81. The smallest absolute Gasteiger partial charge is 0.410 e. The van der Waals surface area contributed by atoms with Gasteiger partial charge < -0.3 is 28.8 Å². The van der Waals surface area contributed by atoms with Crippen LogP contribution < -0.4 is 9.47 Å². The molecule has 3 aromatic rings. The Kier molecular flexibility index (Phi) is 10.3. The van der Waals surface area contributed by atoms with Crippen LogP contribution >= 0.6 is 11.6 Å². The van der Waals surface area contributed by atoms with E-state index in [4.69, 9.17) is 35.3 Å². The molecule has 3 heterocycles. The lowest BCUT2D eigenvalue weighted by molar-refractivity contribution is -0.189. The summed E-state index contributed by atoms with van der Waals surface area (Å²) >= 11 is 6.69. The molecule has 3 aromatic carbocycles. The van der Waals surface area contributed by atoms with Crippen molar-refractivity contribution in [3.05, 3.63) is 81.9 Å². The minimum Gasteiger partial charge on any atom is -0.488 e. The molecule has 3 aliphatic heterocycles. The number of nitrogens with zero attached hydrogens (tertiary/aromatic N) is 2. The topological polar surface area (TPSA) is 110 Å². The van der Waals surface area contributed by atoms with Gasteiger partial charge in [-0.1, -0.05) is 41.9 Å². The highest BCUT2D eigenvalue weighted by Crippen LogP contribution is 2.54. The zero-order valence-electron chi connectivity index (χ0n) is 29.4. The monoisotopic (exact) mass is 724 g/mol. The molecule has 2 saturated heterocycles. The third-order valence-electron chi connectivity index (χ3n) is 9.44. The number of hydrogen-bond acceptors (Lipinski definition) is 8. The van der Waals surface area contributed by atoms with Gasteiger partial charge in [0.2, 0.25) is 0 Å². The Labute approximate surface area is 302 Å². The van der Waals surface area contributed by atoms with Crippen molar-refractivity contribution in [3.8, 4) is 28.7 Å². The first kappa shape index (κ1) is 36.8. The number of halogens is 3. The van der Waals surface area contributed by atoms with Crippen LogP contribution in [0.1, 0.15) is 77.0 Å². The summed E-state index contributed by atoms with van der Waals surface area (Å²) < 4.78 is 62.4. The Morgan fingerprint density at radius 3 is 2.59 bits per heavy atom. The molecule has 6 rings (SSSR count). The van der Waals surface area contributed by atoms with Crippen molar-refractivity contribution < 1.29 is 42.4 Å². The first-order chi connectivity index (χ1) is 24.1. The summed E-state index contributed by atoms with van der Waals surface area (Å²) in [6, 6.07) is 14.2. The van der Waals surface area contributed by atoms with Crippen molar-refractivity contribution in [2.24, 2.45) is 0 Å². The number of rotatable bonds is 8. The largest absolute Gasteiger partial charge is 0.488 e. The Morgan fingerprint density at radius 1 is 1.18 bits per heavy atom. The minimum atomic E-state index is -1.39. The highest BCUT2D eigenvalue weighted by molar-refractivity contribution is 6.34. The van der Waals surface area contributed by atoms with Crippen LogP contribution in [0.25, 0.3) is 11.1 Å². The summed E-state index contributed by atoms with van der Waals surface area (Å²) in [5, 5.41) is 21.1. The molecule has 0 radical (unpaired) electrons. The van der Waals surface area contributed by atoms with Crippen LogP contribution in [-0.4, -0.2) is 65.5 Å². The summed E-state index contributed by atoms with van der Waals surface area (Å²) in [6.45, 7) is 9.20. The van der Waals surface area contributed by atoms with Crippen molar-refractivity contribution in [1.82, 2.24) is 4.90 Å².